The molecule has 0 aromatic heterocycles. The second-order valence-electron chi connectivity index (χ2n) is 2.42. The van der Waals surface area contributed by atoms with Crippen LogP contribution in [0, 0.1) is 0 Å². The maximum atomic E-state index is 11.0. The van der Waals surface area contributed by atoms with Gasteiger partial charge in [-0.25, -0.2) is 4.79 Å². The number of fused-ring (bicyclic) bond motifs is 1. The molecule has 1 unspecified atom stereocenters. The van der Waals surface area contributed by atoms with E-state index in [4.69, 9.17) is 5.11 Å². The van der Waals surface area contributed by atoms with Crippen molar-refractivity contribution in [1.29, 1.82) is 0 Å². The predicted molar refractivity (Wildman–Crippen MR) is 46.2 cm³/mol. The van der Waals surface area contributed by atoms with Crippen LogP contribution in [0.15, 0.2) is 11.1 Å². The number of carboxylic acid groups (broad SMARTS) is 1. The van der Waals surface area contributed by atoms with Gasteiger partial charge in [0, 0.05) is 5.41 Å². The third kappa shape index (κ3) is 1.02. The van der Waals surface area contributed by atoms with Crippen molar-refractivity contribution < 1.29 is 14.7 Å². The molecule has 1 fully saturated rings. The largest absolute Gasteiger partial charge is 0.477 e. The summed E-state index contributed by atoms with van der Waals surface area (Å²) in [7, 11) is 2.90. The molecule has 0 spiro atoms. The molecule has 12 heavy (non-hydrogen) atoms. The summed E-state index contributed by atoms with van der Waals surface area (Å²) in [5, 5.41) is 10.2. The average molecular weight is 203 g/mol. The zero-order valence-electron chi connectivity index (χ0n) is 5.89. The summed E-state index contributed by atoms with van der Waals surface area (Å²) in [6.07, 6.45) is 0.461. The second kappa shape index (κ2) is 2.70. The minimum atomic E-state index is -1.03. The molecule has 6 heteroatoms. The van der Waals surface area contributed by atoms with Crippen LogP contribution in [0.1, 0.15) is 6.42 Å². The van der Waals surface area contributed by atoms with E-state index in [0.29, 0.717) is 6.42 Å². The topological polar surface area (TPSA) is 57.6 Å². The number of aliphatic carboxylic acids is 1. The molecular formula is C6H5NO3S2. The number of carbonyl (C=O) groups is 2. The maximum Gasteiger partial charge on any atom is 0.353 e. The molecular weight excluding hydrogens is 198 g/mol. The van der Waals surface area contributed by atoms with Crippen LogP contribution < -0.4 is 0 Å². The van der Waals surface area contributed by atoms with Gasteiger partial charge in [-0.2, -0.15) is 0 Å². The zero-order chi connectivity index (χ0) is 8.72. The lowest BCUT2D eigenvalue weighted by atomic mass is 10.2. The number of nitrogens with zero attached hydrogens (tertiary/aromatic N) is 1. The number of rotatable bonds is 1. The van der Waals surface area contributed by atoms with Crippen LogP contribution in [-0.2, 0) is 9.59 Å². The van der Waals surface area contributed by atoms with E-state index in [2.05, 4.69) is 0 Å². The van der Waals surface area contributed by atoms with Gasteiger partial charge < -0.3 is 5.11 Å². The van der Waals surface area contributed by atoms with Crippen molar-refractivity contribution in [2.24, 2.45) is 0 Å². The molecule has 2 rings (SSSR count). The minimum Gasteiger partial charge on any atom is -0.477 e. The molecule has 1 N–H and O–H groups in total. The van der Waals surface area contributed by atoms with E-state index < -0.39 is 5.97 Å². The monoisotopic (exact) mass is 203 g/mol. The number of carbonyl (C=O) groups excluding carboxylic acids is 1. The average Bonchev–Trinajstić information content (AvgIpc) is 2.01. The van der Waals surface area contributed by atoms with Crippen molar-refractivity contribution in [1.82, 2.24) is 4.90 Å². The summed E-state index contributed by atoms with van der Waals surface area (Å²) in [6, 6.07) is 0. The molecule has 2 aliphatic rings. The van der Waals surface area contributed by atoms with Crippen molar-refractivity contribution in [2.75, 3.05) is 0 Å². The highest BCUT2D eigenvalue weighted by molar-refractivity contribution is 8.78. The van der Waals surface area contributed by atoms with Crippen LogP contribution >= 0.6 is 21.6 Å². The Morgan fingerprint density at radius 3 is 3.00 bits per heavy atom. The van der Waals surface area contributed by atoms with Gasteiger partial charge in [0.2, 0.25) is 5.91 Å². The van der Waals surface area contributed by atoms with Crippen molar-refractivity contribution in [3.8, 4) is 0 Å². The highest BCUT2D eigenvalue weighted by Gasteiger charge is 2.43. The van der Waals surface area contributed by atoms with E-state index in [1.165, 1.54) is 31.9 Å². The van der Waals surface area contributed by atoms with Gasteiger partial charge in [0.05, 0.1) is 6.42 Å². The smallest absolute Gasteiger partial charge is 0.353 e. The Kier molecular flexibility index (Phi) is 1.80. The standard InChI is InChI=1S/C6H5NO3S2/c8-4-1-5-7(4)3(6(9)10)2-11-12-5/h2,5H,1H2,(H,9,10). The Labute approximate surface area is 76.4 Å². The lowest BCUT2D eigenvalue weighted by Crippen LogP contribution is -2.51. The fraction of sp³-hybridized carbons (Fsp3) is 0.333. The quantitative estimate of drug-likeness (QED) is 0.506. The lowest BCUT2D eigenvalue weighted by molar-refractivity contribution is -0.145. The van der Waals surface area contributed by atoms with Crippen molar-refractivity contribution in [2.45, 2.75) is 11.8 Å². The first-order valence-electron chi connectivity index (χ1n) is 3.28. The first kappa shape index (κ1) is 8.00. The number of amides is 1. The van der Waals surface area contributed by atoms with Crippen molar-refractivity contribution >= 4 is 33.5 Å². The summed E-state index contributed by atoms with van der Waals surface area (Å²) in [5.41, 5.74) is 0.111. The summed E-state index contributed by atoms with van der Waals surface area (Å²) < 4.78 is 0. The Morgan fingerprint density at radius 1 is 1.75 bits per heavy atom. The van der Waals surface area contributed by atoms with Gasteiger partial charge in [0.1, 0.15) is 11.1 Å². The molecule has 1 saturated heterocycles. The Hall–Kier alpha value is -0.620. The molecule has 4 nitrogen and oxygen atoms in total. The predicted octanol–water partition coefficient (Wildman–Crippen LogP) is 0.866. The van der Waals surface area contributed by atoms with E-state index in [1.807, 2.05) is 0 Å². The number of hydrogen-bond acceptors (Lipinski definition) is 4. The fourth-order valence-electron chi connectivity index (χ4n) is 1.10. The van der Waals surface area contributed by atoms with Crippen LogP contribution in [0.3, 0.4) is 0 Å². The van der Waals surface area contributed by atoms with E-state index in [-0.39, 0.29) is 17.0 Å². The Balaban J connectivity index is 2.26. The number of hydrogen-bond donors (Lipinski definition) is 1. The van der Waals surface area contributed by atoms with Crippen LogP contribution in [-0.4, -0.2) is 27.3 Å². The lowest BCUT2D eigenvalue weighted by Gasteiger charge is -2.41. The molecule has 2 heterocycles. The molecule has 0 aromatic rings. The van der Waals surface area contributed by atoms with E-state index in [1.54, 1.807) is 0 Å². The zero-order valence-corrected chi connectivity index (χ0v) is 7.52. The fourth-order valence-corrected chi connectivity index (χ4v) is 3.41. The van der Waals surface area contributed by atoms with Crippen molar-refractivity contribution in [3.63, 3.8) is 0 Å². The summed E-state index contributed by atoms with van der Waals surface area (Å²) in [4.78, 5) is 22.9. The SMILES string of the molecule is O=C(O)C1=CSSC2CC(=O)N12. The summed E-state index contributed by atoms with van der Waals surface area (Å²) >= 11 is 0. The van der Waals surface area contributed by atoms with E-state index in [0.717, 1.165) is 0 Å². The Bertz CT molecular complexity index is 289. The summed E-state index contributed by atoms with van der Waals surface area (Å²) in [5.74, 6) is -1.12. The molecule has 0 radical (unpaired) electrons. The highest BCUT2D eigenvalue weighted by atomic mass is 33.1. The minimum absolute atomic E-state index is 0.0404. The van der Waals surface area contributed by atoms with Gasteiger partial charge in [0.25, 0.3) is 0 Å². The highest BCUT2D eigenvalue weighted by Crippen LogP contribution is 2.45. The van der Waals surface area contributed by atoms with Gasteiger partial charge in [-0.3, -0.25) is 9.69 Å². The molecule has 2 aliphatic heterocycles. The molecule has 1 atom stereocenters. The molecule has 0 bridgehead atoms. The van der Waals surface area contributed by atoms with Crippen molar-refractivity contribution in [3.05, 3.63) is 11.1 Å². The molecule has 1 amide bonds. The number of carboxylic acids is 1. The Morgan fingerprint density at radius 2 is 2.50 bits per heavy atom. The van der Waals surface area contributed by atoms with Crippen LogP contribution in [0.4, 0.5) is 0 Å². The van der Waals surface area contributed by atoms with Gasteiger partial charge in [-0.15, -0.1) is 0 Å². The molecule has 0 saturated carbocycles. The van der Waals surface area contributed by atoms with Gasteiger partial charge >= 0.3 is 5.97 Å². The van der Waals surface area contributed by atoms with Gasteiger partial charge in [-0.05, 0) is 0 Å². The first-order chi connectivity index (χ1) is 5.70. The molecule has 0 aliphatic carbocycles. The molecule has 64 valence electrons. The van der Waals surface area contributed by atoms with Crippen LogP contribution in [0.5, 0.6) is 0 Å². The van der Waals surface area contributed by atoms with Crippen LogP contribution in [0.2, 0.25) is 0 Å². The van der Waals surface area contributed by atoms with Crippen LogP contribution in [0.25, 0.3) is 0 Å². The third-order valence-corrected chi connectivity index (χ3v) is 4.03. The summed E-state index contributed by atoms with van der Waals surface area (Å²) in [6.45, 7) is 0. The first-order valence-corrected chi connectivity index (χ1v) is 5.55. The van der Waals surface area contributed by atoms with Gasteiger partial charge in [-0.1, -0.05) is 21.6 Å². The van der Waals surface area contributed by atoms with E-state index in [9.17, 15) is 9.59 Å². The maximum absolute atomic E-state index is 11.0. The second-order valence-corrected chi connectivity index (χ2v) is 4.74. The normalized spacial score (nSPS) is 27.3. The number of β-lactam (4-membered cyclic amide) rings is 1. The van der Waals surface area contributed by atoms with Gasteiger partial charge in [0.15, 0.2) is 0 Å². The van der Waals surface area contributed by atoms with E-state index >= 15 is 0 Å². The molecule has 0 aromatic carbocycles. The third-order valence-electron chi connectivity index (χ3n) is 1.71.